The van der Waals surface area contributed by atoms with Crippen LogP contribution >= 0.6 is 23.2 Å². The highest BCUT2D eigenvalue weighted by Gasteiger charge is 2.50. The fraction of sp³-hybridized carbons (Fsp3) is 0.222. The van der Waals surface area contributed by atoms with Gasteiger partial charge in [0.05, 0.1) is 47.8 Å². The van der Waals surface area contributed by atoms with E-state index in [1.165, 1.54) is 37.8 Å². The quantitative estimate of drug-likeness (QED) is 0.272. The second-order valence-corrected chi connectivity index (χ2v) is 7.87. The molecule has 34 heavy (non-hydrogen) atoms. The predicted octanol–water partition coefficient (Wildman–Crippen LogP) is 3.21. The molecule has 0 fully saturated rings. The number of hydrazine groups is 1. The van der Waals surface area contributed by atoms with Gasteiger partial charge in [0.2, 0.25) is 5.88 Å². The standard InChI is InChI=1S/C18H16Cl2F3N9O2/c1-34-13(24)7-31(25)16-10(19)2-8(4-27-16)28-17(33)30-6-9(18(21,22)23)15-11(30)5-26-14-3-12(20)29-32(14)15/h2-5,7,9H,6,24-25H2,1H3,(H,28,33)/b13-7+. The van der Waals surface area contributed by atoms with Crippen molar-refractivity contribution in [1.29, 1.82) is 0 Å². The average Bonchev–Trinajstić information content (AvgIpc) is 3.33. The van der Waals surface area contributed by atoms with E-state index in [4.69, 9.17) is 39.5 Å². The van der Waals surface area contributed by atoms with Gasteiger partial charge in [-0.15, -0.1) is 0 Å². The number of urea groups is 1. The second-order valence-electron chi connectivity index (χ2n) is 7.07. The number of nitrogens with two attached hydrogens (primary N) is 2. The second kappa shape index (κ2) is 8.70. The summed E-state index contributed by atoms with van der Waals surface area (Å²) < 4.78 is 47.2. The molecule has 0 aliphatic carbocycles. The molecule has 0 saturated heterocycles. The van der Waals surface area contributed by atoms with Crippen LogP contribution in [-0.2, 0) is 4.74 Å². The van der Waals surface area contributed by atoms with Crippen molar-refractivity contribution in [2.75, 3.05) is 28.9 Å². The summed E-state index contributed by atoms with van der Waals surface area (Å²) in [6, 6.07) is 1.79. The number of hydrogen-bond donors (Lipinski definition) is 3. The summed E-state index contributed by atoms with van der Waals surface area (Å²) in [6.07, 6.45) is -1.03. The number of nitrogens with zero attached hydrogens (tertiary/aromatic N) is 6. The van der Waals surface area contributed by atoms with Gasteiger partial charge >= 0.3 is 12.2 Å². The molecule has 5 N–H and O–H groups in total. The largest absolute Gasteiger partial charge is 0.482 e. The number of halogens is 5. The van der Waals surface area contributed by atoms with Gasteiger partial charge < -0.3 is 15.8 Å². The van der Waals surface area contributed by atoms with Crippen LogP contribution in [-0.4, -0.2) is 45.4 Å². The number of fused-ring (bicyclic) bond motifs is 3. The lowest BCUT2D eigenvalue weighted by Crippen LogP contribution is -2.36. The highest BCUT2D eigenvalue weighted by atomic mass is 35.5. The molecule has 1 aliphatic rings. The molecule has 1 unspecified atom stereocenters. The summed E-state index contributed by atoms with van der Waals surface area (Å²) in [4.78, 5) is 21.9. The number of pyridine rings is 1. The van der Waals surface area contributed by atoms with Gasteiger partial charge in [-0.05, 0) is 6.07 Å². The third-order valence-electron chi connectivity index (χ3n) is 4.92. The fourth-order valence-electron chi connectivity index (χ4n) is 3.40. The zero-order valence-corrected chi connectivity index (χ0v) is 18.7. The maximum atomic E-state index is 13.8. The van der Waals surface area contributed by atoms with Crippen LogP contribution in [0.1, 0.15) is 11.6 Å². The van der Waals surface area contributed by atoms with Gasteiger partial charge in [0.15, 0.2) is 16.6 Å². The molecule has 3 aromatic heterocycles. The van der Waals surface area contributed by atoms with E-state index >= 15 is 0 Å². The number of alkyl halides is 3. The first-order chi connectivity index (χ1) is 16.0. The van der Waals surface area contributed by atoms with Crippen molar-refractivity contribution < 1.29 is 22.7 Å². The smallest absolute Gasteiger partial charge is 0.399 e. The first-order valence-electron chi connectivity index (χ1n) is 9.39. The molecule has 1 aliphatic heterocycles. The summed E-state index contributed by atoms with van der Waals surface area (Å²) in [7, 11) is 1.34. The van der Waals surface area contributed by atoms with E-state index in [0.29, 0.717) is 0 Å². The van der Waals surface area contributed by atoms with Gasteiger partial charge in [-0.25, -0.2) is 25.1 Å². The minimum absolute atomic E-state index is 0.00847. The molecule has 180 valence electrons. The van der Waals surface area contributed by atoms with E-state index in [-0.39, 0.29) is 44.6 Å². The third kappa shape index (κ3) is 4.34. The summed E-state index contributed by atoms with van der Waals surface area (Å²) in [5.74, 6) is 3.89. The first-order valence-corrected chi connectivity index (χ1v) is 10.2. The van der Waals surface area contributed by atoms with E-state index in [0.717, 1.165) is 14.4 Å². The Morgan fingerprint density at radius 1 is 1.32 bits per heavy atom. The van der Waals surface area contributed by atoms with Gasteiger partial charge in [0.1, 0.15) is 5.92 Å². The van der Waals surface area contributed by atoms with Crippen LogP contribution in [0.3, 0.4) is 0 Å². The van der Waals surface area contributed by atoms with Crippen molar-refractivity contribution in [3.05, 3.63) is 52.5 Å². The van der Waals surface area contributed by atoms with Gasteiger partial charge in [-0.1, -0.05) is 23.2 Å². The van der Waals surface area contributed by atoms with Crippen molar-refractivity contribution >= 4 is 52.1 Å². The summed E-state index contributed by atoms with van der Waals surface area (Å²) in [6.45, 7) is -0.681. The molecule has 11 nitrogen and oxygen atoms in total. The minimum Gasteiger partial charge on any atom is -0.482 e. The van der Waals surface area contributed by atoms with Gasteiger partial charge in [-0.2, -0.15) is 18.3 Å². The molecular weight excluding hydrogens is 502 g/mol. The number of carbonyl (C=O) groups is 1. The molecule has 3 aromatic rings. The van der Waals surface area contributed by atoms with Crippen LogP contribution in [0.25, 0.3) is 5.65 Å². The Morgan fingerprint density at radius 2 is 2.06 bits per heavy atom. The van der Waals surface area contributed by atoms with Gasteiger partial charge in [0.25, 0.3) is 0 Å². The Morgan fingerprint density at radius 3 is 2.71 bits per heavy atom. The number of rotatable bonds is 4. The number of anilines is 3. The summed E-state index contributed by atoms with van der Waals surface area (Å²) >= 11 is 12.0. The molecule has 0 aromatic carbocycles. The Balaban J connectivity index is 1.62. The first kappa shape index (κ1) is 23.7. The Bertz CT molecular complexity index is 1300. The number of carbonyl (C=O) groups excluding carboxylic acids is 1. The zero-order chi connectivity index (χ0) is 24.8. The minimum atomic E-state index is -4.65. The Hall–Kier alpha value is -3.49. The SMILES string of the molecule is CO/C(N)=C/N(N)c1ncc(NC(=O)N2CC(C(F)(F)F)c3c2cnc2cc(Cl)nn32)cc1Cl. The van der Waals surface area contributed by atoms with Crippen LogP contribution in [0.5, 0.6) is 0 Å². The molecule has 0 saturated carbocycles. The van der Waals surface area contributed by atoms with Crippen LogP contribution < -0.4 is 26.8 Å². The van der Waals surface area contributed by atoms with E-state index in [1.807, 2.05) is 0 Å². The highest BCUT2D eigenvalue weighted by Crippen LogP contribution is 2.45. The van der Waals surface area contributed by atoms with E-state index in [2.05, 4.69) is 20.4 Å². The third-order valence-corrected chi connectivity index (χ3v) is 5.38. The van der Waals surface area contributed by atoms with E-state index in [9.17, 15) is 18.0 Å². The van der Waals surface area contributed by atoms with Crippen molar-refractivity contribution in [2.45, 2.75) is 12.1 Å². The molecule has 4 heterocycles. The number of amides is 2. The van der Waals surface area contributed by atoms with Crippen molar-refractivity contribution in [1.82, 2.24) is 19.6 Å². The number of methoxy groups -OCH3 is 1. The van der Waals surface area contributed by atoms with E-state index < -0.39 is 24.7 Å². The number of ether oxygens (including phenoxy) is 1. The maximum absolute atomic E-state index is 13.8. The topological polar surface area (TPSA) is 140 Å². The molecule has 4 rings (SSSR count). The molecule has 1 atom stereocenters. The summed E-state index contributed by atoms with van der Waals surface area (Å²) in [5, 5.41) is 7.37. The normalized spacial score (nSPS) is 16.0. The molecule has 0 radical (unpaired) electrons. The van der Waals surface area contributed by atoms with E-state index in [1.54, 1.807) is 0 Å². The molecule has 0 bridgehead atoms. The van der Waals surface area contributed by atoms with Gasteiger partial charge in [0, 0.05) is 12.6 Å². The number of aromatic nitrogens is 4. The number of hydrogen-bond acceptors (Lipinski definition) is 8. The molecule has 2 amide bonds. The highest BCUT2D eigenvalue weighted by molar-refractivity contribution is 6.33. The van der Waals surface area contributed by atoms with Gasteiger partial charge in [-0.3, -0.25) is 9.91 Å². The van der Waals surface area contributed by atoms with Crippen molar-refractivity contribution in [3.8, 4) is 0 Å². The molecular formula is C18H16Cl2F3N9O2. The lowest BCUT2D eigenvalue weighted by atomic mass is 10.1. The Labute approximate surface area is 199 Å². The Kier molecular flexibility index (Phi) is 6.05. The molecule has 0 spiro atoms. The predicted molar refractivity (Wildman–Crippen MR) is 118 cm³/mol. The van der Waals surface area contributed by atoms with Crippen LogP contribution in [0.2, 0.25) is 10.2 Å². The van der Waals surface area contributed by atoms with Crippen LogP contribution in [0, 0.1) is 0 Å². The average molecular weight is 518 g/mol. The monoisotopic (exact) mass is 517 g/mol. The fourth-order valence-corrected chi connectivity index (χ4v) is 3.83. The lowest BCUT2D eigenvalue weighted by molar-refractivity contribution is -0.147. The zero-order valence-electron chi connectivity index (χ0n) is 17.2. The van der Waals surface area contributed by atoms with Crippen LogP contribution in [0.4, 0.5) is 35.2 Å². The molecule has 16 heteroatoms. The van der Waals surface area contributed by atoms with Crippen LogP contribution in [0.15, 0.2) is 36.6 Å². The summed E-state index contributed by atoms with van der Waals surface area (Å²) in [5.41, 5.74) is 5.47. The van der Waals surface area contributed by atoms with Crippen molar-refractivity contribution in [3.63, 3.8) is 0 Å². The number of nitrogens with one attached hydrogen (secondary N) is 1. The lowest BCUT2D eigenvalue weighted by Gasteiger charge is -2.19. The van der Waals surface area contributed by atoms with Crippen molar-refractivity contribution in [2.24, 2.45) is 11.6 Å². The maximum Gasteiger partial charge on any atom is 0.399 e.